The lowest BCUT2D eigenvalue weighted by molar-refractivity contribution is 0.436. The lowest BCUT2D eigenvalue weighted by Crippen LogP contribution is -2.32. The van der Waals surface area contributed by atoms with Crippen molar-refractivity contribution >= 4 is 43.6 Å². The molecule has 0 unspecified atom stereocenters. The highest BCUT2D eigenvalue weighted by Gasteiger charge is 2.51. The summed E-state index contributed by atoms with van der Waals surface area (Å²) in [6, 6.07) is 75.4. The van der Waals surface area contributed by atoms with E-state index in [1.54, 1.807) is 0 Å². The highest BCUT2D eigenvalue weighted by molar-refractivity contribution is 6.13. The highest BCUT2D eigenvalue weighted by Crippen LogP contribution is 2.62. The third kappa shape index (κ3) is 4.12. The lowest BCUT2D eigenvalue weighted by Gasteiger charge is -2.39. The van der Waals surface area contributed by atoms with Crippen LogP contribution in [0, 0.1) is 0 Å². The predicted octanol–water partition coefficient (Wildman–Crippen LogP) is 14.0. The van der Waals surface area contributed by atoms with Gasteiger partial charge < -0.3 is 13.9 Å². The standard InChI is InChI=1S/C55H34N2O/c1-2-16-37(17-3-1)56-49-25-10-5-20-40(49)43-32-36(29-30-51(43)56)35-15-14-18-38(31-35)57-50-26-11-6-21-41(50)44-33-42-39-19-4-7-22-45(39)55(48(42)34-52(44)57)46-23-8-12-27-53(46)58-54-28-13-9-24-47(54)55/h1-34H. The zero-order valence-electron chi connectivity index (χ0n) is 31.4. The first-order valence-corrected chi connectivity index (χ1v) is 20.0. The van der Waals surface area contributed by atoms with Crippen molar-refractivity contribution in [3.8, 4) is 45.1 Å². The van der Waals surface area contributed by atoms with Crippen molar-refractivity contribution in [1.82, 2.24) is 9.13 Å². The molecule has 1 aliphatic carbocycles. The molecule has 3 heteroatoms. The Balaban J connectivity index is 1.06. The lowest BCUT2D eigenvalue weighted by atomic mass is 9.66. The van der Waals surface area contributed by atoms with Crippen LogP contribution in [0.4, 0.5) is 0 Å². The van der Waals surface area contributed by atoms with Crippen LogP contribution in [0.3, 0.4) is 0 Å². The number of hydrogen-bond acceptors (Lipinski definition) is 1. The average molecular weight is 739 g/mol. The third-order valence-corrected chi connectivity index (χ3v) is 12.8. The molecule has 3 heterocycles. The molecule has 0 radical (unpaired) electrons. The van der Waals surface area contributed by atoms with Gasteiger partial charge in [-0.15, -0.1) is 0 Å². The van der Waals surface area contributed by atoms with Crippen molar-refractivity contribution in [2.24, 2.45) is 0 Å². The summed E-state index contributed by atoms with van der Waals surface area (Å²) >= 11 is 0. The number of rotatable bonds is 3. The Morgan fingerprint density at radius 3 is 1.60 bits per heavy atom. The Morgan fingerprint density at radius 1 is 0.310 bits per heavy atom. The van der Waals surface area contributed by atoms with E-state index in [0.29, 0.717) is 0 Å². The maximum atomic E-state index is 6.65. The van der Waals surface area contributed by atoms with Crippen LogP contribution >= 0.6 is 0 Å². The van der Waals surface area contributed by atoms with Crippen LogP contribution in [-0.4, -0.2) is 9.13 Å². The van der Waals surface area contributed by atoms with Crippen molar-refractivity contribution in [3.63, 3.8) is 0 Å². The zero-order valence-corrected chi connectivity index (χ0v) is 31.4. The molecule has 58 heavy (non-hydrogen) atoms. The number of fused-ring (bicyclic) bond motifs is 15. The summed E-state index contributed by atoms with van der Waals surface area (Å²) in [5.41, 5.74) is 16.4. The Hall–Kier alpha value is -7.62. The molecule has 0 saturated carbocycles. The smallest absolute Gasteiger partial charge is 0.132 e. The van der Waals surface area contributed by atoms with E-state index < -0.39 is 5.41 Å². The van der Waals surface area contributed by atoms with E-state index in [0.717, 1.165) is 17.2 Å². The minimum absolute atomic E-state index is 0.539. The van der Waals surface area contributed by atoms with Crippen molar-refractivity contribution in [1.29, 1.82) is 0 Å². The molecule has 0 fully saturated rings. The van der Waals surface area contributed by atoms with E-state index in [1.165, 1.54) is 93.8 Å². The van der Waals surface area contributed by atoms with E-state index >= 15 is 0 Å². The highest BCUT2D eigenvalue weighted by atomic mass is 16.5. The monoisotopic (exact) mass is 738 g/mol. The SMILES string of the molecule is c1ccc(-n2c3ccccc3c3cc(-c4cccc(-n5c6ccccc6c6cc7c(cc65)C5(c6ccccc6Oc6ccccc65)c5ccccc5-7)c4)ccc32)cc1. The molecule has 13 rings (SSSR count). The molecule has 1 spiro atoms. The van der Waals surface area contributed by atoms with Gasteiger partial charge in [-0.1, -0.05) is 133 Å². The summed E-state index contributed by atoms with van der Waals surface area (Å²) in [7, 11) is 0. The van der Waals surface area contributed by atoms with Crippen molar-refractivity contribution in [3.05, 3.63) is 229 Å². The minimum Gasteiger partial charge on any atom is -0.457 e. The van der Waals surface area contributed by atoms with Crippen LogP contribution in [0.2, 0.25) is 0 Å². The fourth-order valence-electron chi connectivity index (χ4n) is 10.4. The average Bonchev–Trinajstić information content (AvgIpc) is 3.90. The van der Waals surface area contributed by atoms with Crippen molar-refractivity contribution < 1.29 is 4.74 Å². The molecule has 270 valence electrons. The molecule has 0 saturated heterocycles. The van der Waals surface area contributed by atoms with Crippen molar-refractivity contribution in [2.45, 2.75) is 5.41 Å². The predicted molar refractivity (Wildman–Crippen MR) is 238 cm³/mol. The zero-order chi connectivity index (χ0) is 38.0. The first-order valence-electron chi connectivity index (χ1n) is 20.0. The van der Waals surface area contributed by atoms with Crippen LogP contribution < -0.4 is 4.74 Å². The summed E-state index contributed by atoms with van der Waals surface area (Å²) in [4.78, 5) is 0. The largest absolute Gasteiger partial charge is 0.457 e. The fourth-order valence-corrected chi connectivity index (χ4v) is 10.4. The maximum absolute atomic E-state index is 6.65. The number of aromatic nitrogens is 2. The summed E-state index contributed by atoms with van der Waals surface area (Å²) in [6.07, 6.45) is 0. The molecule has 9 aromatic carbocycles. The summed E-state index contributed by atoms with van der Waals surface area (Å²) < 4.78 is 11.5. The number of para-hydroxylation sites is 5. The quantitative estimate of drug-likeness (QED) is 0.177. The van der Waals surface area contributed by atoms with E-state index in [2.05, 4.69) is 215 Å². The Labute approximate surface area is 335 Å². The molecular formula is C55H34N2O. The Bertz CT molecular complexity index is 3450. The fraction of sp³-hybridized carbons (Fsp3) is 0.0182. The van der Waals surface area contributed by atoms with Gasteiger partial charge in [0.25, 0.3) is 0 Å². The molecule has 2 aromatic heterocycles. The second-order valence-corrected chi connectivity index (χ2v) is 15.6. The maximum Gasteiger partial charge on any atom is 0.132 e. The summed E-state index contributed by atoms with van der Waals surface area (Å²) in [6.45, 7) is 0. The molecule has 2 aliphatic rings. The van der Waals surface area contributed by atoms with Gasteiger partial charge in [0.05, 0.1) is 27.5 Å². The minimum atomic E-state index is -0.539. The number of benzene rings is 9. The van der Waals surface area contributed by atoms with E-state index in [1.807, 2.05) is 0 Å². The van der Waals surface area contributed by atoms with Gasteiger partial charge in [-0.25, -0.2) is 0 Å². The number of hydrogen-bond donors (Lipinski definition) is 0. The van der Waals surface area contributed by atoms with Crippen LogP contribution in [0.15, 0.2) is 206 Å². The van der Waals surface area contributed by atoms with Crippen LogP contribution in [0.5, 0.6) is 11.5 Å². The second-order valence-electron chi connectivity index (χ2n) is 15.6. The molecule has 1 aliphatic heterocycles. The summed E-state index contributed by atoms with van der Waals surface area (Å²) in [5.74, 6) is 1.81. The normalized spacial score (nSPS) is 13.4. The van der Waals surface area contributed by atoms with Crippen LogP contribution in [0.1, 0.15) is 22.3 Å². The van der Waals surface area contributed by atoms with Gasteiger partial charge >= 0.3 is 0 Å². The van der Waals surface area contributed by atoms with Crippen LogP contribution in [0.25, 0.3) is 77.2 Å². The van der Waals surface area contributed by atoms with E-state index in [9.17, 15) is 0 Å². The van der Waals surface area contributed by atoms with E-state index in [-0.39, 0.29) is 0 Å². The molecule has 0 bridgehead atoms. The molecule has 0 amide bonds. The molecule has 3 nitrogen and oxygen atoms in total. The van der Waals surface area contributed by atoms with Crippen LogP contribution in [-0.2, 0) is 5.41 Å². The molecular weight excluding hydrogens is 705 g/mol. The van der Waals surface area contributed by atoms with E-state index in [4.69, 9.17) is 4.74 Å². The number of ether oxygens (including phenoxy) is 1. The molecule has 11 aromatic rings. The topological polar surface area (TPSA) is 19.1 Å². The molecule has 0 atom stereocenters. The van der Waals surface area contributed by atoms with Gasteiger partial charge in [0, 0.05) is 44.0 Å². The second kappa shape index (κ2) is 11.7. The Morgan fingerprint density at radius 2 is 0.862 bits per heavy atom. The molecule has 0 N–H and O–H groups in total. The first-order chi connectivity index (χ1) is 28.8. The third-order valence-electron chi connectivity index (χ3n) is 12.8. The first kappa shape index (κ1) is 31.6. The van der Waals surface area contributed by atoms with Gasteiger partial charge in [-0.05, 0) is 106 Å². The summed E-state index contributed by atoms with van der Waals surface area (Å²) in [5, 5.41) is 4.99. The van der Waals surface area contributed by atoms with Gasteiger partial charge in [-0.2, -0.15) is 0 Å². The van der Waals surface area contributed by atoms with Gasteiger partial charge in [0.1, 0.15) is 11.5 Å². The van der Waals surface area contributed by atoms with Gasteiger partial charge in [0.15, 0.2) is 0 Å². The number of nitrogens with zero attached hydrogens (tertiary/aromatic N) is 2. The Kier molecular flexibility index (Phi) is 6.37. The van der Waals surface area contributed by atoms with Crippen molar-refractivity contribution in [2.75, 3.05) is 0 Å². The van der Waals surface area contributed by atoms with Gasteiger partial charge in [-0.3, -0.25) is 0 Å². The van der Waals surface area contributed by atoms with Gasteiger partial charge in [0.2, 0.25) is 0 Å².